The Labute approximate surface area is 184 Å². The van der Waals surface area contributed by atoms with Crippen molar-refractivity contribution in [3.8, 4) is 5.75 Å². The molecule has 1 heterocycles. The topological polar surface area (TPSA) is 49.9 Å². The Balaban J connectivity index is 1.79. The van der Waals surface area contributed by atoms with Gasteiger partial charge >= 0.3 is 0 Å². The second-order valence-corrected chi connectivity index (χ2v) is 8.09. The van der Waals surface area contributed by atoms with E-state index >= 15 is 0 Å². The molecule has 0 N–H and O–H groups in total. The number of ether oxygens (including phenoxy) is 1. The number of hydrogen-bond donors (Lipinski definition) is 0. The first-order valence-corrected chi connectivity index (χ1v) is 10.4. The van der Waals surface area contributed by atoms with Crippen LogP contribution in [0.4, 0.5) is 11.4 Å². The number of piperazine rings is 1. The van der Waals surface area contributed by atoms with E-state index in [2.05, 4.69) is 15.9 Å². The van der Waals surface area contributed by atoms with Crippen LogP contribution >= 0.6 is 15.9 Å². The molecule has 1 fully saturated rings. The van der Waals surface area contributed by atoms with Crippen LogP contribution in [0.25, 0.3) is 0 Å². The number of nitrogens with zero attached hydrogens (tertiary/aromatic N) is 2. The summed E-state index contributed by atoms with van der Waals surface area (Å²) in [4.78, 5) is 30.1. The smallest absolute Gasteiger partial charge is 0.255 e. The molecule has 152 valence electrons. The number of halogens is 1. The maximum absolute atomic E-state index is 13.7. The fraction of sp³-hybridized carbons (Fsp3) is 0.167. The number of hydrogen-bond acceptors (Lipinski definition) is 3. The molecule has 1 atom stereocenters. The zero-order chi connectivity index (χ0) is 21.3. The second kappa shape index (κ2) is 8.32. The van der Waals surface area contributed by atoms with E-state index in [0.717, 1.165) is 15.6 Å². The molecule has 0 aliphatic carbocycles. The first kappa shape index (κ1) is 20.2. The van der Waals surface area contributed by atoms with Gasteiger partial charge in [0.15, 0.2) is 0 Å². The van der Waals surface area contributed by atoms with Crippen LogP contribution in [0.5, 0.6) is 5.75 Å². The molecule has 2 amide bonds. The predicted molar refractivity (Wildman–Crippen MR) is 121 cm³/mol. The summed E-state index contributed by atoms with van der Waals surface area (Å²) in [7, 11) is 1.59. The molecular weight excluding hydrogens is 444 g/mol. The summed E-state index contributed by atoms with van der Waals surface area (Å²) in [6, 6.07) is 21.6. The Kier molecular flexibility index (Phi) is 5.59. The van der Waals surface area contributed by atoms with Crippen molar-refractivity contribution in [3.05, 3.63) is 88.4 Å². The van der Waals surface area contributed by atoms with Gasteiger partial charge in [0.1, 0.15) is 18.3 Å². The minimum absolute atomic E-state index is 0.00931. The van der Waals surface area contributed by atoms with E-state index in [0.29, 0.717) is 17.1 Å². The summed E-state index contributed by atoms with van der Waals surface area (Å²) < 4.78 is 6.16. The zero-order valence-corrected chi connectivity index (χ0v) is 18.3. The number of methoxy groups -OCH3 is 1. The highest BCUT2D eigenvalue weighted by Crippen LogP contribution is 2.35. The molecule has 0 aromatic heterocycles. The highest BCUT2D eigenvalue weighted by atomic mass is 79.9. The van der Waals surface area contributed by atoms with Gasteiger partial charge in [0.25, 0.3) is 5.91 Å². The molecular formula is C24H21BrN2O3. The average Bonchev–Trinajstić information content (AvgIpc) is 2.76. The maximum Gasteiger partial charge on any atom is 0.255 e. The fourth-order valence-electron chi connectivity index (χ4n) is 3.61. The van der Waals surface area contributed by atoms with E-state index in [1.165, 1.54) is 0 Å². The Morgan fingerprint density at radius 1 is 0.867 bits per heavy atom. The van der Waals surface area contributed by atoms with E-state index < -0.39 is 6.04 Å². The third kappa shape index (κ3) is 3.83. The van der Waals surface area contributed by atoms with Gasteiger partial charge in [0.05, 0.1) is 7.11 Å². The quantitative estimate of drug-likeness (QED) is 0.552. The highest BCUT2D eigenvalue weighted by molar-refractivity contribution is 9.10. The second-order valence-electron chi connectivity index (χ2n) is 7.18. The van der Waals surface area contributed by atoms with Crippen LogP contribution in [0.2, 0.25) is 0 Å². The molecule has 1 unspecified atom stereocenters. The third-order valence-corrected chi connectivity index (χ3v) is 5.73. The van der Waals surface area contributed by atoms with Crippen LogP contribution in [0.3, 0.4) is 0 Å². The highest BCUT2D eigenvalue weighted by Gasteiger charge is 2.41. The average molecular weight is 465 g/mol. The lowest BCUT2D eigenvalue weighted by Crippen LogP contribution is -2.56. The van der Waals surface area contributed by atoms with Crippen molar-refractivity contribution >= 4 is 39.1 Å². The van der Waals surface area contributed by atoms with Crippen molar-refractivity contribution in [1.82, 2.24) is 0 Å². The molecule has 3 aromatic rings. The number of carbonyl (C=O) groups excluding carboxylic acids is 2. The SMILES string of the molecule is COc1ccc(C2C(=O)N(c3ccc(C)cc3)CC(=O)N2c2ccc(Br)cc2)cc1. The van der Waals surface area contributed by atoms with E-state index in [-0.39, 0.29) is 18.4 Å². The summed E-state index contributed by atoms with van der Waals surface area (Å²) in [5.41, 5.74) is 3.22. The summed E-state index contributed by atoms with van der Waals surface area (Å²) >= 11 is 3.43. The molecule has 3 aromatic carbocycles. The third-order valence-electron chi connectivity index (χ3n) is 5.20. The van der Waals surface area contributed by atoms with Crippen molar-refractivity contribution in [1.29, 1.82) is 0 Å². The van der Waals surface area contributed by atoms with Gasteiger partial charge in [0.2, 0.25) is 5.91 Å². The lowest BCUT2D eigenvalue weighted by atomic mass is 9.99. The molecule has 0 bridgehead atoms. The van der Waals surface area contributed by atoms with E-state index in [1.54, 1.807) is 29.0 Å². The van der Waals surface area contributed by atoms with Crippen molar-refractivity contribution in [2.45, 2.75) is 13.0 Å². The van der Waals surface area contributed by atoms with Gasteiger partial charge < -0.3 is 9.64 Å². The minimum Gasteiger partial charge on any atom is -0.497 e. The van der Waals surface area contributed by atoms with Crippen LogP contribution in [0.15, 0.2) is 77.3 Å². The van der Waals surface area contributed by atoms with Gasteiger partial charge in [-0.25, -0.2) is 0 Å². The van der Waals surface area contributed by atoms with Crippen LogP contribution in [-0.4, -0.2) is 25.5 Å². The van der Waals surface area contributed by atoms with E-state index in [9.17, 15) is 9.59 Å². The summed E-state index contributed by atoms with van der Waals surface area (Å²) in [6.07, 6.45) is 0. The van der Waals surface area contributed by atoms with E-state index in [1.807, 2.05) is 67.6 Å². The molecule has 1 aliphatic rings. The largest absolute Gasteiger partial charge is 0.497 e. The number of carbonyl (C=O) groups is 2. The zero-order valence-electron chi connectivity index (χ0n) is 16.7. The lowest BCUT2D eigenvalue weighted by Gasteiger charge is -2.40. The molecule has 1 saturated heterocycles. The molecule has 1 aliphatic heterocycles. The first-order chi connectivity index (χ1) is 14.5. The van der Waals surface area contributed by atoms with Crippen molar-refractivity contribution in [2.24, 2.45) is 0 Å². The number of anilines is 2. The van der Waals surface area contributed by atoms with Crippen LogP contribution < -0.4 is 14.5 Å². The standard InChI is InChI=1S/C24H21BrN2O3/c1-16-3-9-19(10-4-16)26-15-22(28)27(20-11-7-18(25)8-12-20)23(24(26)29)17-5-13-21(30-2)14-6-17/h3-14,23H,15H2,1-2H3. The molecule has 0 saturated carbocycles. The van der Waals surface area contributed by atoms with Gasteiger partial charge in [-0.05, 0) is 61.0 Å². The van der Waals surface area contributed by atoms with Gasteiger partial charge in [-0.15, -0.1) is 0 Å². The normalized spacial score (nSPS) is 16.7. The Morgan fingerprint density at radius 2 is 1.47 bits per heavy atom. The van der Waals surface area contributed by atoms with Crippen molar-refractivity contribution < 1.29 is 14.3 Å². The van der Waals surface area contributed by atoms with Gasteiger partial charge in [0, 0.05) is 15.8 Å². The molecule has 0 spiro atoms. The number of benzene rings is 3. The van der Waals surface area contributed by atoms with E-state index in [4.69, 9.17) is 4.74 Å². The first-order valence-electron chi connectivity index (χ1n) is 9.57. The maximum atomic E-state index is 13.7. The molecule has 0 radical (unpaired) electrons. The summed E-state index contributed by atoms with van der Waals surface area (Å²) in [5, 5.41) is 0. The number of aryl methyl sites for hydroxylation is 1. The minimum atomic E-state index is -0.764. The van der Waals surface area contributed by atoms with Crippen LogP contribution in [0, 0.1) is 6.92 Å². The molecule has 5 nitrogen and oxygen atoms in total. The van der Waals surface area contributed by atoms with Crippen LogP contribution in [0.1, 0.15) is 17.2 Å². The Bertz CT molecular complexity index is 1060. The Hall–Kier alpha value is -3.12. The molecule has 30 heavy (non-hydrogen) atoms. The van der Waals surface area contributed by atoms with Crippen molar-refractivity contribution in [2.75, 3.05) is 23.5 Å². The molecule has 4 rings (SSSR count). The van der Waals surface area contributed by atoms with Gasteiger partial charge in [-0.1, -0.05) is 45.8 Å². The lowest BCUT2D eigenvalue weighted by molar-refractivity contribution is -0.128. The summed E-state index contributed by atoms with van der Waals surface area (Å²) in [5.74, 6) is 0.406. The van der Waals surface area contributed by atoms with Crippen molar-refractivity contribution in [3.63, 3.8) is 0 Å². The number of rotatable bonds is 4. The summed E-state index contributed by atoms with van der Waals surface area (Å²) in [6.45, 7) is 1.98. The van der Waals surface area contributed by atoms with Crippen LogP contribution in [-0.2, 0) is 9.59 Å². The monoisotopic (exact) mass is 464 g/mol. The predicted octanol–water partition coefficient (Wildman–Crippen LogP) is 4.89. The molecule has 6 heteroatoms. The van der Waals surface area contributed by atoms with Gasteiger partial charge in [-0.3, -0.25) is 14.5 Å². The van der Waals surface area contributed by atoms with Gasteiger partial charge in [-0.2, -0.15) is 0 Å². The fourth-order valence-corrected chi connectivity index (χ4v) is 3.87. The number of amides is 2. The Morgan fingerprint density at radius 3 is 2.07 bits per heavy atom.